The van der Waals surface area contributed by atoms with E-state index >= 15 is 0 Å². The number of amides is 1. The van der Waals surface area contributed by atoms with E-state index in [-0.39, 0.29) is 24.5 Å². The van der Waals surface area contributed by atoms with Gasteiger partial charge in [-0.2, -0.15) is 18.3 Å². The highest BCUT2D eigenvalue weighted by molar-refractivity contribution is 6.30. The monoisotopic (exact) mass is 452 g/mol. The molecule has 2 atom stereocenters. The van der Waals surface area contributed by atoms with Gasteiger partial charge in [-0.25, -0.2) is 9.07 Å². The van der Waals surface area contributed by atoms with Gasteiger partial charge in [0.15, 0.2) is 11.7 Å². The highest BCUT2D eigenvalue weighted by Gasteiger charge is 2.46. The summed E-state index contributed by atoms with van der Waals surface area (Å²) in [7, 11) is 0. The largest absolute Gasteiger partial charge is 0.410 e. The Bertz CT molecular complexity index is 1080. The molecule has 0 radical (unpaired) electrons. The molecule has 2 aromatic carbocycles. The highest BCUT2D eigenvalue weighted by Crippen LogP contribution is 2.43. The zero-order valence-corrected chi connectivity index (χ0v) is 16.7. The van der Waals surface area contributed by atoms with Gasteiger partial charge in [-0.1, -0.05) is 35.9 Å². The van der Waals surface area contributed by atoms with Crippen molar-refractivity contribution in [2.75, 3.05) is 5.32 Å². The highest BCUT2D eigenvalue weighted by atomic mass is 35.5. The van der Waals surface area contributed by atoms with E-state index in [2.05, 4.69) is 15.7 Å². The van der Waals surface area contributed by atoms with Crippen LogP contribution >= 0.6 is 11.6 Å². The molecule has 0 saturated carbocycles. The molecule has 162 valence electrons. The van der Waals surface area contributed by atoms with Gasteiger partial charge in [-0.05, 0) is 35.4 Å². The first-order valence-electron chi connectivity index (χ1n) is 9.41. The average molecular weight is 453 g/mol. The number of carbonyl (C=O) groups excluding carboxylic acids is 1. The number of alkyl halides is 3. The maximum Gasteiger partial charge on any atom is 0.410 e. The second kappa shape index (κ2) is 8.22. The number of fused-ring (bicyclic) bond motifs is 1. The van der Waals surface area contributed by atoms with Crippen molar-refractivity contribution in [3.05, 3.63) is 82.3 Å². The summed E-state index contributed by atoms with van der Waals surface area (Å²) in [5.41, 5.74) is 1.15. The van der Waals surface area contributed by atoms with Gasteiger partial charge in [-0.15, -0.1) is 0 Å². The zero-order chi connectivity index (χ0) is 22.2. The summed E-state index contributed by atoms with van der Waals surface area (Å²) in [5, 5.41) is 10.0. The SMILES string of the molecule is O=C(NCc1ccc(F)cc1)c1cc2n(n1)[C@@H](C(F)(F)F)C[C@H](c1ccc(Cl)cc1)N2. The summed E-state index contributed by atoms with van der Waals surface area (Å²) >= 11 is 5.88. The van der Waals surface area contributed by atoms with Crippen molar-refractivity contribution in [3.8, 4) is 0 Å². The second-order valence-electron chi connectivity index (χ2n) is 7.21. The van der Waals surface area contributed by atoms with Crippen LogP contribution in [0.2, 0.25) is 5.02 Å². The van der Waals surface area contributed by atoms with Gasteiger partial charge >= 0.3 is 6.18 Å². The number of rotatable bonds is 4. The van der Waals surface area contributed by atoms with Crippen molar-refractivity contribution in [1.29, 1.82) is 0 Å². The van der Waals surface area contributed by atoms with Crippen LogP contribution in [0.5, 0.6) is 0 Å². The van der Waals surface area contributed by atoms with Crippen LogP contribution in [-0.2, 0) is 6.54 Å². The third kappa shape index (κ3) is 4.66. The molecule has 0 aliphatic carbocycles. The number of nitrogens with one attached hydrogen (secondary N) is 2. The molecule has 2 heterocycles. The molecule has 1 aliphatic heterocycles. The third-order valence-corrected chi connectivity index (χ3v) is 5.31. The van der Waals surface area contributed by atoms with Crippen molar-refractivity contribution >= 4 is 23.3 Å². The van der Waals surface area contributed by atoms with Gasteiger partial charge < -0.3 is 10.6 Å². The van der Waals surface area contributed by atoms with Gasteiger partial charge in [-0.3, -0.25) is 4.79 Å². The Morgan fingerprint density at radius 3 is 2.48 bits per heavy atom. The fourth-order valence-corrected chi connectivity index (χ4v) is 3.60. The predicted molar refractivity (Wildman–Crippen MR) is 107 cm³/mol. The summed E-state index contributed by atoms with van der Waals surface area (Å²) in [5.74, 6) is -0.936. The summed E-state index contributed by atoms with van der Waals surface area (Å²) in [6.07, 6.45) is -4.83. The number of carbonyl (C=O) groups is 1. The lowest BCUT2D eigenvalue weighted by Gasteiger charge is -2.33. The topological polar surface area (TPSA) is 59.0 Å². The maximum absolute atomic E-state index is 13.7. The summed E-state index contributed by atoms with van der Waals surface area (Å²) in [4.78, 5) is 12.5. The molecular weight excluding hydrogens is 436 g/mol. The number of hydrogen-bond donors (Lipinski definition) is 2. The summed E-state index contributed by atoms with van der Waals surface area (Å²) < 4.78 is 55.0. The molecule has 2 N–H and O–H groups in total. The number of aromatic nitrogens is 2. The van der Waals surface area contributed by atoms with Crippen LogP contribution in [0, 0.1) is 5.82 Å². The molecule has 0 saturated heterocycles. The van der Waals surface area contributed by atoms with Crippen LogP contribution in [0.1, 0.15) is 40.1 Å². The smallest absolute Gasteiger partial charge is 0.363 e. The first-order chi connectivity index (χ1) is 14.7. The normalized spacial score (nSPS) is 18.2. The average Bonchev–Trinajstić information content (AvgIpc) is 3.16. The van der Waals surface area contributed by atoms with Crippen molar-refractivity contribution < 1.29 is 22.4 Å². The first kappa shape index (κ1) is 21.2. The Hall–Kier alpha value is -3.07. The lowest BCUT2D eigenvalue weighted by atomic mass is 9.97. The van der Waals surface area contributed by atoms with Crippen LogP contribution in [0.25, 0.3) is 0 Å². The maximum atomic E-state index is 13.7. The van der Waals surface area contributed by atoms with Crippen molar-refractivity contribution in [1.82, 2.24) is 15.1 Å². The lowest BCUT2D eigenvalue weighted by Crippen LogP contribution is -2.35. The number of benzene rings is 2. The molecule has 0 unspecified atom stereocenters. The van der Waals surface area contributed by atoms with Gasteiger partial charge in [0.25, 0.3) is 5.91 Å². The van der Waals surface area contributed by atoms with Crippen molar-refractivity contribution in [3.63, 3.8) is 0 Å². The molecule has 0 spiro atoms. The van der Waals surface area contributed by atoms with E-state index in [1.165, 1.54) is 30.3 Å². The molecule has 1 amide bonds. The second-order valence-corrected chi connectivity index (χ2v) is 7.65. The number of hydrogen-bond acceptors (Lipinski definition) is 3. The molecule has 0 bridgehead atoms. The fraction of sp³-hybridized carbons (Fsp3) is 0.238. The number of anilines is 1. The Balaban J connectivity index is 1.56. The zero-order valence-electron chi connectivity index (χ0n) is 16.0. The van der Waals surface area contributed by atoms with Crippen LogP contribution in [-0.4, -0.2) is 21.9 Å². The predicted octanol–water partition coefficient (Wildman–Crippen LogP) is 5.27. The lowest BCUT2D eigenvalue weighted by molar-refractivity contribution is -0.173. The Kier molecular flexibility index (Phi) is 5.62. The van der Waals surface area contributed by atoms with E-state index in [9.17, 15) is 22.4 Å². The van der Waals surface area contributed by atoms with Crippen LogP contribution < -0.4 is 10.6 Å². The number of halogens is 5. The van der Waals surface area contributed by atoms with Crippen LogP contribution in [0.4, 0.5) is 23.4 Å². The Morgan fingerprint density at radius 2 is 1.84 bits per heavy atom. The minimum atomic E-state index is -4.55. The minimum Gasteiger partial charge on any atom is -0.363 e. The van der Waals surface area contributed by atoms with E-state index in [1.54, 1.807) is 24.3 Å². The van der Waals surface area contributed by atoms with Gasteiger partial charge in [0.05, 0.1) is 6.04 Å². The molecule has 1 aromatic heterocycles. The minimum absolute atomic E-state index is 0.0881. The quantitative estimate of drug-likeness (QED) is 0.530. The van der Waals surface area contributed by atoms with E-state index in [0.29, 0.717) is 16.1 Å². The summed E-state index contributed by atoms with van der Waals surface area (Å²) in [6, 6.07) is 10.9. The van der Waals surface area contributed by atoms with Crippen LogP contribution in [0.15, 0.2) is 54.6 Å². The molecule has 5 nitrogen and oxygen atoms in total. The molecule has 1 aliphatic rings. The van der Waals surface area contributed by atoms with Gasteiger partial charge in [0, 0.05) is 24.1 Å². The molecular formula is C21H17ClF4N4O. The molecule has 4 rings (SSSR count). The Morgan fingerprint density at radius 1 is 1.16 bits per heavy atom. The van der Waals surface area contributed by atoms with E-state index in [0.717, 1.165) is 4.68 Å². The van der Waals surface area contributed by atoms with Gasteiger partial charge in [0.2, 0.25) is 0 Å². The first-order valence-corrected chi connectivity index (χ1v) is 9.79. The Labute approximate surface area is 180 Å². The van der Waals surface area contributed by atoms with Crippen LogP contribution in [0.3, 0.4) is 0 Å². The van der Waals surface area contributed by atoms with Crippen molar-refractivity contribution in [2.45, 2.75) is 31.2 Å². The molecule has 31 heavy (non-hydrogen) atoms. The molecule has 3 aromatic rings. The summed E-state index contributed by atoms with van der Waals surface area (Å²) in [6.45, 7) is 0.0881. The van der Waals surface area contributed by atoms with E-state index in [1.807, 2.05) is 0 Å². The van der Waals surface area contributed by atoms with E-state index < -0.39 is 30.0 Å². The standard InChI is InChI=1S/C21H17ClF4N4O/c22-14-5-3-13(4-6-14)16-9-18(21(24,25)26)30-19(28-16)10-17(29-30)20(31)27-11-12-1-7-15(23)8-2-12/h1-8,10,16,18,28H,9,11H2,(H,27,31)/t16-,18-/m1/s1. The molecule has 10 heteroatoms. The number of nitrogens with zero attached hydrogens (tertiary/aromatic N) is 2. The molecule has 0 fully saturated rings. The fourth-order valence-electron chi connectivity index (χ4n) is 3.47. The third-order valence-electron chi connectivity index (χ3n) is 5.06. The van der Waals surface area contributed by atoms with Gasteiger partial charge in [0.1, 0.15) is 11.6 Å². The van der Waals surface area contributed by atoms with Crippen molar-refractivity contribution in [2.24, 2.45) is 0 Å². The van der Waals surface area contributed by atoms with E-state index in [4.69, 9.17) is 11.6 Å².